The molecule has 1 aromatic carbocycles. The van der Waals surface area contributed by atoms with E-state index in [2.05, 4.69) is 46.9 Å². The van der Waals surface area contributed by atoms with Crippen molar-refractivity contribution in [3.63, 3.8) is 0 Å². The van der Waals surface area contributed by atoms with Crippen molar-refractivity contribution in [3.8, 4) is 0 Å². The molecule has 0 bridgehead atoms. The van der Waals surface area contributed by atoms with Crippen molar-refractivity contribution in [2.45, 2.75) is 39.3 Å². The maximum absolute atomic E-state index is 11.2. The number of rotatable bonds is 8. The van der Waals surface area contributed by atoms with Gasteiger partial charge in [0.05, 0.1) is 12.6 Å². The van der Waals surface area contributed by atoms with E-state index in [1.807, 2.05) is 23.5 Å². The molecule has 0 radical (unpaired) electrons. The number of nitrogens with two attached hydrogens (primary N) is 1. The molecule has 1 saturated heterocycles. The molecule has 2 heterocycles. The maximum atomic E-state index is 11.2. The Morgan fingerprint density at radius 1 is 1.23 bits per heavy atom. The summed E-state index contributed by atoms with van der Waals surface area (Å²) in [6.07, 6.45) is 2.52. The van der Waals surface area contributed by atoms with Crippen LogP contribution in [0.5, 0.6) is 0 Å². The zero-order valence-electron chi connectivity index (χ0n) is 17.9. The minimum Gasteiger partial charge on any atom is -0.366 e. The minimum absolute atomic E-state index is 0.358. The predicted octanol–water partition coefficient (Wildman–Crippen LogP) is 3.38. The standard InChI is InChI=1S/C23H33N5OS/c1-3-25-23(26-15-18-6-8-19(9-7-18)22(24)29)27-16-20(21-5-4-14-30-21)28-12-10-17(2)11-13-28/h4-9,14,17,20H,3,10-13,15-16H2,1-2H3,(H2,24,29)(H2,25,26,27). The number of amides is 1. The van der Waals surface area contributed by atoms with E-state index in [1.54, 1.807) is 12.1 Å². The van der Waals surface area contributed by atoms with Gasteiger partial charge in [-0.25, -0.2) is 4.99 Å². The Bertz CT molecular complexity index is 811. The predicted molar refractivity (Wildman–Crippen MR) is 125 cm³/mol. The number of benzene rings is 1. The Kier molecular flexibility index (Phi) is 8.28. The number of hydrogen-bond acceptors (Lipinski definition) is 4. The highest BCUT2D eigenvalue weighted by Gasteiger charge is 2.25. The van der Waals surface area contributed by atoms with Crippen LogP contribution in [0.2, 0.25) is 0 Å². The fourth-order valence-corrected chi connectivity index (χ4v) is 4.57. The first-order valence-electron chi connectivity index (χ1n) is 10.7. The first-order chi connectivity index (χ1) is 14.6. The summed E-state index contributed by atoms with van der Waals surface area (Å²) in [6, 6.07) is 12.0. The zero-order chi connectivity index (χ0) is 21.3. The smallest absolute Gasteiger partial charge is 0.248 e. The lowest BCUT2D eigenvalue weighted by atomic mass is 9.97. The van der Waals surface area contributed by atoms with Gasteiger partial charge in [-0.2, -0.15) is 0 Å². The van der Waals surface area contributed by atoms with E-state index in [0.717, 1.165) is 43.6 Å². The molecule has 162 valence electrons. The third-order valence-corrected chi connectivity index (χ3v) is 6.57. The molecule has 0 aliphatic carbocycles. The molecular weight excluding hydrogens is 394 g/mol. The van der Waals surface area contributed by atoms with E-state index in [4.69, 9.17) is 10.7 Å². The van der Waals surface area contributed by atoms with Gasteiger partial charge < -0.3 is 16.4 Å². The monoisotopic (exact) mass is 427 g/mol. The summed E-state index contributed by atoms with van der Waals surface area (Å²) in [7, 11) is 0. The SMILES string of the molecule is CCNC(=NCc1ccc(C(N)=O)cc1)NCC(c1cccs1)N1CCC(C)CC1. The van der Waals surface area contributed by atoms with Crippen molar-refractivity contribution >= 4 is 23.2 Å². The molecule has 2 aromatic rings. The third-order valence-electron chi connectivity index (χ3n) is 5.60. The van der Waals surface area contributed by atoms with Crippen LogP contribution in [0, 0.1) is 5.92 Å². The van der Waals surface area contributed by atoms with Gasteiger partial charge in [0.2, 0.25) is 5.91 Å². The molecule has 6 nitrogen and oxygen atoms in total. The van der Waals surface area contributed by atoms with Crippen LogP contribution in [0.15, 0.2) is 46.8 Å². The van der Waals surface area contributed by atoms with Crippen molar-refractivity contribution in [1.29, 1.82) is 0 Å². The van der Waals surface area contributed by atoms with Gasteiger partial charge in [-0.05, 0) is 67.9 Å². The van der Waals surface area contributed by atoms with E-state index < -0.39 is 5.91 Å². The Morgan fingerprint density at radius 2 is 1.97 bits per heavy atom. The number of nitrogens with one attached hydrogen (secondary N) is 2. The van der Waals surface area contributed by atoms with Crippen LogP contribution in [0.25, 0.3) is 0 Å². The van der Waals surface area contributed by atoms with Crippen LogP contribution in [0.1, 0.15) is 53.5 Å². The molecule has 1 aromatic heterocycles. The molecule has 30 heavy (non-hydrogen) atoms. The summed E-state index contributed by atoms with van der Waals surface area (Å²) in [4.78, 5) is 20.0. The van der Waals surface area contributed by atoms with Gasteiger partial charge in [-0.3, -0.25) is 9.69 Å². The van der Waals surface area contributed by atoms with Gasteiger partial charge in [0.25, 0.3) is 0 Å². The molecule has 1 fully saturated rings. The molecule has 0 spiro atoms. The normalized spacial score (nSPS) is 16.9. The largest absolute Gasteiger partial charge is 0.366 e. The summed E-state index contributed by atoms with van der Waals surface area (Å²) in [6.45, 7) is 8.87. The van der Waals surface area contributed by atoms with Crippen molar-refractivity contribution in [1.82, 2.24) is 15.5 Å². The minimum atomic E-state index is -0.410. The topological polar surface area (TPSA) is 82.7 Å². The number of likely N-dealkylation sites (tertiary alicyclic amines) is 1. The van der Waals surface area contributed by atoms with Gasteiger partial charge in [0.1, 0.15) is 0 Å². The molecule has 1 unspecified atom stereocenters. The van der Waals surface area contributed by atoms with E-state index in [-0.39, 0.29) is 0 Å². The number of guanidine groups is 1. The molecule has 1 amide bonds. The van der Waals surface area contributed by atoms with E-state index in [0.29, 0.717) is 18.2 Å². The maximum Gasteiger partial charge on any atom is 0.248 e. The van der Waals surface area contributed by atoms with E-state index >= 15 is 0 Å². The van der Waals surface area contributed by atoms with Crippen LogP contribution in [-0.4, -0.2) is 42.9 Å². The van der Waals surface area contributed by atoms with Gasteiger partial charge in [0.15, 0.2) is 5.96 Å². The first-order valence-corrected chi connectivity index (χ1v) is 11.6. The van der Waals surface area contributed by atoms with Crippen LogP contribution in [0.4, 0.5) is 0 Å². The number of piperidine rings is 1. The highest BCUT2D eigenvalue weighted by Crippen LogP contribution is 2.29. The molecule has 1 atom stereocenters. The molecule has 3 rings (SSSR count). The lowest BCUT2D eigenvalue weighted by molar-refractivity contribution is 0.100. The highest BCUT2D eigenvalue weighted by molar-refractivity contribution is 7.10. The summed E-state index contributed by atoms with van der Waals surface area (Å²) in [5, 5.41) is 9.05. The quantitative estimate of drug-likeness (QED) is 0.446. The lowest BCUT2D eigenvalue weighted by Crippen LogP contribution is -2.45. The Labute approximate surface area is 183 Å². The Balaban J connectivity index is 1.64. The second-order valence-corrected chi connectivity index (χ2v) is 8.87. The van der Waals surface area contributed by atoms with Gasteiger partial charge in [-0.1, -0.05) is 25.1 Å². The third kappa shape index (κ3) is 6.31. The number of thiophene rings is 1. The van der Waals surface area contributed by atoms with Crippen LogP contribution in [0.3, 0.4) is 0 Å². The van der Waals surface area contributed by atoms with Crippen molar-refractivity contribution < 1.29 is 4.79 Å². The van der Waals surface area contributed by atoms with Crippen molar-refractivity contribution in [2.75, 3.05) is 26.2 Å². The molecular formula is C23H33N5OS. The average molecular weight is 428 g/mol. The fourth-order valence-electron chi connectivity index (χ4n) is 3.71. The average Bonchev–Trinajstić information content (AvgIpc) is 3.28. The second-order valence-electron chi connectivity index (χ2n) is 7.89. The van der Waals surface area contributed by atoms with Crippen LogP contribution >= 0.6 is 11.3 Å². The first kappa shape index (κ1) is 22.3. The highest BCUT2D eigenvalue weighted by atomic mass is 32.1. The Hall–Kier alpha value is -2.38. The number of primary amides is 1. The van der Waals surface area contributed by atoms with Gasteiger partial charge in [0, 0.05) is 23.5 Å². The second kappa shape index (κ2) is 11.1. The number of aliphatic imine (C=N–C) groups is 1. The van der Waals surface area contributed by atoms with Gasteiger partial charge in [-0.15, -0.1) is 11.3 Å². The lowest BCUT2D eigenvalue weighted by Gasteiger charge is -2.36. The van der Waals surface area contributed by atoms with Crippen molar-refractivity contribution in [2.24, 2.45) is 16.6 Å². The number of carbonyl (C=O) groups excluding carboxylic acids is 1. The molecule has 7 heteroatoms. The van der Waals surface area contributed by atoms with Gasteiger partial charge >= 0.3 is 0 Å². The Morgan fingerprint density at radius 3 is 2.57 bits per heavy atom. The fraction of sp³-hybridized carbons (Fsp3) is 0.478. The number of nitrogens with zero attached hydrogens (tertiary/aromatic N) is 2. The van der Waals surface area contributed by atoms with Crippen LogP contribution in [-0.2, 0) is 6.54 Å². The molecule has 1 aliphatic rings. The van der Waals surface area contributed by atoms with Crippen molar-refractivity contribution in [3.05, 3.63) is 57.8 Å². The van der Waals surface area contributed by atoms with E-state index in [1.165, 1.54) is 17.7 Å². The molecule has 1 aliphatic heterocycles. The molecule has 4 N–H and O–H groups in total. The number of hydrogen-bond donors (Lipinski definition) is 3. The number of carbonyl (C=O) groups is 1. The summed E-state index contributed by atoms with van der Waals surface area (Å²) in [5.41, 5.74) is 6.87. The molecule has 0 saturated carbocycles. The summed E-state index contributed by atoms with van der Waals surface area (Å²) < 4.78 is 0. The zero-order valence-corrected chi connectivity index (χ0v) is 18.8. The van der Waals surface area contributed by atoms with Crippen LogP contribution < -0.4 is 16.4 Å². The van der Waals surface area contributed by atoms with E-state index in [9.17, 15) is 4.79 Å². The summed E-state index contributed by atoms with van der Waals surface area (Å²) in [5.74, 6) is 1.22. The summed E-state index contributed by atoms with van der Waals surface area (Å²) >= 11 is 1.82.